The number of anilines is 1. The van der Waals surface area contributed by atoms with E-state index in [4.69, 9.17) is 4.74 Å². The van der Waals surface area contributed by atoms with E-state index >= 15 is 0 Å². The lowest BCUT2D eigenvalue weighted by molar-refractivity contribution is -0.140. The fourth-order valence-corrected chi connectivity index (χ4v) is 6.97. The number of nitrogens with one attached hydrogen (secondary N) is 1. The van der Waals surface area contributed by atoms with Crippen molar-refractivity contribution in [1.29, 1.82) is 0 Å². The molecule has 30 heavy (non-hydrogen) atoms. The van der Waals surface area contributed by atoms with Crippen LogP contribution < -0.4 is 10.2 Å². The van der Waals surface area contributed by atoms with Crippen LogP contribution in [0.4, 0.5) is 5.13 Å². The Kier molecular flexibility index (Phi) is 5.99. The summed E-state index contributed by atoms with van der Waals surface area (Å²) in [5.74, 6) is 0.761. The van der Waals surface area contributed by atoms with Crippen molar-refractivity contribution >= 4 is 22.4 Å². The fraction of sp³-hybridized carbons (Fsp3) is 0.864. The van der Waals surface area contributed by atoms with E-state index in [1.807, 2.05) is 6.92 Å². The second-order valence-electron chi connectivity index (χ2n) is 9.70. The van der Waals surface area contributed by atoms with Crippen molar-refractivity contribution in [2.75, 3.05) is 44.3 Å². The molecule has 0 unspecified atom stereocenters. The Morgan fingerprint density at radius 3 is 2.67 bits per heavy atom. The third kappa shape index (κ3) is 3.98. The van der Waals surface area contributed by atoms with Crippen LogP contribution in [0.2, 0.25) is 0 Å². The van der Waals surface area contributed by atoms with Gasteiger partial charge in [0.2, 0.25) is 11.0 Å². The van der Waals surface area contributed by atoms with Crippen LogP contribution >= 0.6 is 11.3 Å². The minimum absolute atomic E-state index is 0.288. The molecule has 5 rings (SSSR count). The molecule has 7 nitrogen and oxygen atoms in total. The number of rotatable bonds is 4. The van der Waals surface area contributed by atoms with Gasteiger partial charge in [0.05, 0.1) is 18.6 Å². The summed E-state index contributed by atoms with van der Waals surface area (Å²) in [7, 11) is 0. The molecule has 1 aromatic heterocycles. The average molecular weight is 434 g/mol. The van der Waals surface area contributed by atoms with Gasteiger partial charge >= 0.3 is 0 Å². The number of hydrogen-bond acceptors (Lipinski definition) is 7. The van der Waals surface area contributed by atoms with E-state index in [0.29, 0.717) is 23.9 Å². The molecule has 8 heteroatoms. The minimum atomic E-state index is -0.288. The predicted molar refractivity (Wildman–Crippen MR) is 118 cm³/mol. The lowest BCUT2D eigenvalue weighted by Crippen LogP contribution is -2.61. The van der Waals surface area contributed by atoms with Crippen LogP contribution in [0, 0.1) is 18.3 Å². The number of aromatic nitrogens is 2. The molecule has 0 aromatic carbocycles. The van der Waals surface area contributed by atoms with Crippen LogP contribution in [0.3, 0.4) is 0 Å². The molecule has 2 aliphatic carbocycles. The predicted octanol–water partition coefficient (Wildman–Crippen LogP) is 2.60. The van der Waals surface area contributed by atoms with E-state index in [1.165, 1.54) is 12.8 Å². The molecule has 3 heterocycles. The molecule has 2 saturated carbocycles. The van der Waals surface area contributed by atoms with Gasteiger partial charge < -0.3 is 15.0 Å². The van der Waals surface area contributed by atoms with E-state index in [0.717, 1.165) is 88.1 Å². The largest absolute Gasteiger partial charge is 0.379 e. The molecular formula is C22H35N5O2S. The van der Waals surface area contributed by atoms with E-state index in [9.17, 15) is 4.79 Å². The van der Waals surface area contributed by atoms with E-state index in [2.05, 4.69) is 25.3 Å². The number of amides is 1. The first kappa shape index (κ1) is 20.6. The Bertz CT molecular complexity index is 746. The summed E-state index contributed by atoms with van der Waals surface area (Å²) in [5, 5.41) is 14.1. The molecule has 0 bridgehead atoms. The maximum absolute atomic E-state index is 13.8. The summed E-state index contributed by atoms with van der Waals surface area (Å²) in [4.78, 5) is 18.7. The summed E-state index contributed by atoms with van der Waals surface area (Å²) in [6, 6.07) is 0.977. The van der Waals surface area contributed by atoms with Crippen molar-refractivity contribution in [2.45, 2.75) is 70.4 Å². The Morgan fingerprint density at radius 1 is 1.13 bits per heavy atom. The molecule has 0 radical (unpaired) electrons. The highest BCUT2D eigenvalue weighted by atomic mass is 32.1. The summed E-state index contributed by atoms with van der Waals surface area (Å²) in [6.45, 7) is 7.54. The van der Waals surface area contributed by atoms with Crippen molar-refractivity contribution in [1.82, 2.24) is 20.4 Å². The molecule has 3 atom stereocenters. The lowest BCUT2D eigenvalue weighted by Gasteiger charge is -2.53. The van der Waals surface area contributed by atoms with Gasteiger partial charge in [0.15, 0.2) is 0 Å². The molecule has 1 amide bonds. The maximum Gasteiger partial charge on any atom is 0.228 e. The first-order valence-corrected chi connectivity index (χ1v) is 12.6. The SMILES string of the molecule is Cc1nnc(N2CC[C@@H]3C[C@@H](N4CCOCC4)CC[C@@]3(C(=O)NC3CCCC3)C2)s1. The quantitative estimate of drug-likeness (QED) is 0.787. The third-order valence-electron chi connectivity index (χ3n) is 7.97. The highest BCUT2D eigenvalue weighted by molar-refractivity contribution is 7.15. The number of piperidine rings is 1. The first-order chi connectivity index (χ1) is 14.6. The number of carbonyl (C=O) groups excluding carboxylic acids is 1. The van der Waals surface area contributed by atoms with Crippen LogP contribution in [-0.4, -0.2) is 72.5 Å². The van der Waals surface area contributed by atoms with Gasteiger partial charge in [0.25, 0.3) is 0 Å². The summed E-state index contributed by atoms with van der Waals surface area (Å²) in [6.07, 6.45) is 9.07. The molecule has 0 spiro atoms. The van der Waals surface area contributed by atoms with Crippen LogP contribution in [0.5, 0.6) is 0 Å². The Morgan fingerprint density at radius 2 is 1.93 bits per heavy atom. The highest BCUT2D eigenvalue weighted by Gasteiger charge is 2.53. The first-order valence-electron chi connectivity index (χ1n) is 11.8. The van der Waals surface area contributed by atoms with Gasteiger partial charge in [-0.1, -0.05) is 24.2 Å². The minimum Gasteiger partial charge on any atom is -0.379 e. The van der Waals surface area contributed by atoms with Crippen LogP contribution in [0.15, 0.2) is 0 Å². The van der Waals surface area contributed by atoms with Gasteiger partial charge in [-0.3, -0.25) is 9.69 Å². The Balaban J connectivity index is 1.36. The standard InChI is InChI=1S/C22H35N5O2S/c1-16-24-25-21(30-16)27-9-7-17-14-19(26-10-12-29-13-11-26)6-8-22(17,15-27)20(28)23-18-4-2-3-5-18/h17-19H,2-15H2,1H3,(H,23,28)/t17-,19+,22-/m1/s1. The van der Waals surface area contributed by atoms with E-state index in [1.54, 1.807) is 11.3 Å². The number of morpholine rings is 1. The topological polar surface area (TPSA) is 70.6 Å². The normalized spacial score (nSPS) is 33.4. The molecule has 2 saturated heterocycles. The molecular weight excluding hydrogens is 398 g/mol. The van der Waals surface area contributed by atoms with E-state index < -0.39 is 0 Å². The zero-order valence-corrected chi connectivity index (χ0v) is 19.0. The van der Waals surface area contributed by atoms with Crippen LogP contribution in [0.25, 0.3) is 0 Å². The summed E-state index contributed by atoms with van der Waals surface area (Å²) < 4.78 is 5.57. The zero-order valence-electron chi connectivity index (χ0n) is 18.1. The second kappa shape index (κ2) is 8.71. The van der Waals surface area contributed by atoms with E-state index in [-0.39, 0.29) is 5.41 Å². The maximum atomic E-state index is 13.8. The second-order valence-corrected chi connectivity index (χ2v) is 10.9. The van der Waals surface area contributed by atoms with Gasteiger partial charge in [-0.15, -0.1) is 10.2 Å². The zero-order chi connectivity index (χ0) is 20.6. The molecule has 2 aliphatic heterocycles. The molecule has 166 valence electrons. The van der Waals surface area contributed by atoms with Crippen LogP contribution in [-0.2, 0) is 9.53 Å². The van der Waals surface area contributed by atoms with Gasteiger partial charge in [0, 0.05) is 38.3 Å². The van der Waals surface area contributed by atoms with Crippen molar-refractivity contribution in [3.05, 3.63) is 5.01 Å². The fourth-order valence-electron chi connectivity index (χ4n) is 6.26. The van der Waals surface area contributed by atoms with Gasteiger partial charge in [-0.2, -0.15) is 0 Å². The Labute approximate surface area is 183 Å². The monoisotopic (exact) mass is 433 g/mol. The smallest absolute Gasteiger partial charge is 0.228 e. The van der Waals surface area contributed by atoms with Crippen LogP contribution in [0.1, 0.15) is 56.4 Å². The average Bonchev–Trinajstić information content (AvgIpc) is 3.45. The number of hydrogen-bond donors (Lipinski definition) is 1. The molecule has 1 N–H and O–H groups in total. The molecule has 4 aliphatic rings. The van der Waals surface area contributed by atoms with Crippen molar-refractivity contribution in [2.24, 2.45) is 11.3 Å². The number of aryl methyl sites for hydroxylation is 1. The number of ether oxygens (including phenoxy) is 1. The van der Waals surface area contributed by atoms with Crippen molar-refractivity contribution in [3.63, 3.8) is 0 Å². The summed E-state index contributed by atoms with van der Waals surface area (Å²) in [5.41, 5.74) is -0.288. The third-order valence-corrected chi connectivity index (χ3v) is 8.87. The number of nitrogens with zero attached hydrogens (tertiary/aromatic N) is 4. The number of carbonyl (C=O) groups is 1. The van der Waals surface area contributed by atoms with Gasteiger partial charge in [-0.25, -0.2) is 0 Å². The lowest BCUT2D eigenvalue weighted by atomic mass is 9.61. The van der Waals surface area contributed by atoms with Gasteiger partial charge in [0.1, 0.15) is 5.01 Å². The number of fused-ring (bicyclic) bond motifs is 1. The van der Waals surface area contributed by atoms with Crippen molar-refractivity contribution < 1.29 is 9.53 Å². The molecule has 4 fully saturated rings. The van der Waals surface area contributed by atoms with Crippen molar-refractivity contribution in [3.8, 4) is 0 Å². The Hall–Kier alpha value is -1.25. The highest BCUT2D eigenvalue weighted by Crippen LogP contribution is 2.49. The summed E-state index contributed by atoms with van der Waals surface area (Å²) >= 11 is 1.65. The van der Waals surface area contributed by atoms with Gasteiger partial charge in [-0.05, 0) is 51.4 Å². The molecule has 1 aromatic rings.